The average Bonchev–Trinajstić information content (AvgIpc) is 2.55. The smallest absolute Gasteiger partial charge is 0.337 e. The third kappa shape index (κ3) is 3.88. The van der Waals surface area contributed by atoms with Crippen molar-refractivity contribution in [2.75, 3.05) is 6.61 Å². The van der Waals surface area contributed by atoms with E-state index >= 15 is 0 Å². The molecule has 0 saturated heterocycles. The van der Waals surface area contributed by atoms with Crippen LogP contribution in [0.3, 0.4) is 0 Å². The van der Waals surface area contributed by atoms with E-state index in [0.717, 1.165) is 37.4 Å². The molecule has 1 aromatic heterocycles. The highest BCUT2D eigenvalue weighted by Gasteiger charge is 2.13. The third-order valence-electron chi connectivity index (χ3n) is 3.03. The number of aryl methyl sites for hydroxylation is 1. The monoisotopic (exact) mass is 253 g/mol. The number of aromatic nitrogens is 1. The van der Waals surface area contributed by atoms with Gasteiger partial charge in [-0.25, -0.2) is 4.79 Å². The van der Waals surface area contributed by atoms with Gasteiger partial charge in [0.2, 0.25) is 0 Å². The first-order valence-electron chi connectivity index (χ1n) is 6.45. The molecule has 4 nitrogen and oxygen atoms in total. The lowest BCUT2D eigenvalue weighted by Crippen LogP contribution is -2.07. The van der Waals surface area contributed by atoms with Crippen molar-refractivity contribution in [1.82, 2.24) is 4.57 Å². The standard InChI is InChI=1S/C14H23NO3/c1-10(2)18-8-6-5-7-15-11(3)9-13(12(15)4)14(16)17/h9-10H,5-8H2,1-4H3,(H,16,17). The van der Waals surface area contributed by atoms with Crippen molar-refractivity contribution in [3.05, 3.63) is 23.0 Å². The Hall–Kier alpha value is -1.29. The molecule has 1 N–H and O–H groups in total. The molecule has 0 amide bonds. The summed E-state index contributed by atoms with van der Waals surface area (Å²) in [7, 11) is 0. The van der Waals surface area contributed by atoms with Crippen molar-refractivity contribution in [2.24, 2.45) is 0 Å². The second-order valence-corrected chi connectivity index (χ2v) is 4.87. The lowest BCUT2D eigenvalue weighted by atomic mass is 10.2. The number of carboxylic acid groups (broad SMARTS) is 1. The van der Waals surface area contributed by atoms with E-state index in [1.807, 2.05) is 27.7 Å². The van der Waals surface area contributed by atoms with Gasteiger partial charge in [-0.2, -0.15) is 0 Å². The van der Waals surface area contributed by atoms with Crippen LogP contribution in [0.1, 0.15) is 48.4 Å². The molecule has 0 aliphatic rings. The van der Waals surface area contributed by atoms with E-state index < -0.39 is 5.97 Å². The zero-order valence-corrected chi connectivity index (χ0v) is 11.7. The normalized spacial score (nSPS) is 11.2. The van der Waals surface area contributed by atoms with Gasteiger partial charge in [-0.1, -0.05) is 0 Å². The first-order valence-corrected chi connectivity index (χ1v) is 6.45. The van der Waals surface area contributed by atoms with Crippen molar-refractivity contribution in [1.29, 1.82) is 0 Å². The van der Waals surface area contributed by atoms with Crippen LogP contribution in [0.5, 0.6) is 0 Å². The molecule has 1 heterocycles. The molecular formula is C14H23NO3. The number of carboxylic acids is 1. The molecule has 1 aromatic rings. The first-order chi connectivity index (χ1) is 8.43. The van der Waals surface area contributed by atoms with Gasteiger partial charge >= 0.3 is 5.97 Å². The summed E-state index contributed by atoms with van der Waals surface area (Å²) >= 11 is 0. The summed E-state index contributed by atoms with van der Waals surface area (Å²) in [6, 6.07) is 1.74. The minimum Gasteiger partial charge on any atom is -0.478 e. The van der Waals surface area contributed by atoms with Gasteiger partial charge in [0, 0.05) is 24.5 Å². The second-order valence-electron chi connectivity index (χ2n) is 4.87. The molecule has 0 spiro atoms. The quantitative estimate of drug-likeness (QED) is 0.760. The van der Waals surface area contributed by atoms with Crippen LogP contribution < -0.4 is 0 Å². The maximum Gasteiger partial charge on any atom is 0.337 e. The van der Waals surface area contributed by atoms with Gasteiger partial charge in [0.25, 0.3) is 0 Å². The first kappa shape index (κ1) is 14.8. The number of aromatic carboxylic acids is 1. The van der Waals surface area contributed by atoms with E-state index in [-0.39, 0.29) is 6.10 Å². The van der Waals surface area contributed by atoms with Crippen LogP contribution in [-0.2, 0) is 11.3 Å². The van der Waals surface area contributed by atoms with Crippen molar-refractivity contribution in [3.63, 3.8) is 0 Å². The summed E-state index contributed by atoms with van der Waals surface area (Å²) in [5.74, 6) is -0.850. The number of unbranched alkanes of at least 4 members (excludes halogenated alkanes) is 1. The van der Waals surface area contributed by atoms with Crippen LogP contribution in [0.15, 0.2) is 6.07 Å². The molecule has 0 aromatic carbocycles. The Kier molecular flexibility index (Phi) is 5.41. The zero-order valence-electron chi connectivity index (χ0n) is 11.7. The Morgan fingerprint density at radius 2 is 2.06 bits per heavy atom. The van der Waals surface area contributed by atoms with Gasteiger partial charge in [0.15, 0.2) is 0 Å². The maximum atomic E-state index is 11.0. The minimum absolute atomic E-state index is 0.277. The highest BCUT2D eigenvalue weighted by molar-refractivity contribution is 5.89. The Bertz CT molecular complexity index is 407. The van der Waals surface area contributed by atoms with Gasteiger partial charge in [0.1, 0.15) is 0 Å². The molecule has 0 atom stereocenters. The van der Waals surface area contributed by atoms with Crippen LogP contribution in [0.4, 0.5) is 0 Å². The van der Waals surface area contributed by atoms with Crippen LogP contribution in [0.2, 0.25) is 0 Å². The highest BCUT2D eigenvalue weighted by atomic mass is 16.5. The highest BCUT2D eigenvalue weighted by Crippen LogP contribution is 2.16. The molecule has 0 unspecified atom stereocenters. The molecule has 0 bridgehead atoms. The van der Waals surface area contributed by atoms with Gasteiger partial charge < -0.3 is 14.4 Å². The topological polar surface area (TPSA) is 51.5 Å². The van der Waals surface area contributed by atoms with E-state index in [1.165, 1.54) is 0 Å². The summed E-state index contributed by atoms with van der Waals surface area (Å²) in [4.78, 5) is 11.0. The molecule has 0 aliphatic carbocycles. The van der Waals surface area contributed by atoms with Crippen LogP contribution in [-0.4, -0.2) is 28.4 Å². The summed E-state index contributed by atoms with van der Waals surface area (Å²) in [5.41, 5.74) is 2.25. The number of hydrogen-bond acceptors (Lipinski definition) is 2. The molecule has 1 rings (SSSR count). The Balaban J connectivity index is 2.50. The van der Waals surface area contributed by atoms with Gasteiger partial charge in [-0.05, 0) is 46.6 Å². The number of rotatable bonds is 7. The predicted molar refractivity (Wildman–Crippen MR) is 71.2 cm³/mol. The summed E-state index contributed by atoms with van der Waals surface area (Å²) in [6.45, 7) is 9.49. The summed E-state index contributed by atoms with van der Waals surface area (Å²) < 4.78 is 7.55. The SMILES string of the molecule is Cc1cc(C(=O)O)c(C)n1CCCCOC(C)C. The van der Waals surface area contributed by atoms with Crippen LogP contribution in [0.25, 0.3) is 0 Å². The van der Waals surface area contributed by atoms with Crippen molar-refractivity contribution >= 4 is 5.97 Å². The molecule has 4 heteroatoms. The maximum absolute atomic E-state index is 11.0. The fraction of sp³-hybridized carbons (Fsp3) is 0.643. The number of hydrogen-bond donors (Lipinski definition) is 1. The Morgan fingerprint density at radius 3 is 2.56 bits per heavy atom. The molecule has 0 radical (unpaired) electrons. The lowest BCUT2D eigenvalue weighted by Gasteiger charge is -2.10. The second kappa shape index (κ2) is 6.59. The number of nitrogens with zero attached hydrogens (tertiary/aromatic N) is 1. The van der Waals surface area contributed by atoms with Gasteiger partial charge in [-0.15, -0.1) is 0 Å². The summed E-state index contributed by atoms with van der Waals surface area (Å²) in [6.07, 6.45) is 2.28. The average molecular weight is 253 g/mol. The van der Waals surface area contributed by atoms with Gasteiger partial charge in [-0.3, -0.25) is 0 Å². The molecule has 0 aliphatic heterocycles. The van der Waals surface area contributed by atoms with Crippen molar-refractivity contribution < 1.29 is 14.6 Å². The van der Waals surface area contributed by atoms with E-state index in [2.05, 4.69) is 4.57 Å². The zero-order chi connectivity index (χ0) is 13.7. The van der Waals surface area contributed by atoms with E-state index in [4.69, 9.17) is 9.84 Å². The fourth-order valence-electron chi connectivity index (χ4n) is 2.05. The third-order valence-corrected chi connectivity index (χ3v) is 3.03. The van der Waals surface area contributed by atoms with Crippen LogP contribution >= 0.6 is 0 Å². The Labute approximate surface area is 109 Å². The minimum atomic E-state index is -0.850. The van der Waals surface area contributed by atoms with E-state index in [0.29, 0.717) is 5.56 Å². The molecular weight excluding hydrogens is 230 g/mol. The molecule has 0 saturated carbocycles. The van der Waals surface area contributed by atoms with Crippen LogP contribution in [0, 0.1) is 13.8 Å². The molecule has 0 fully saturated rings. The molecule has 18 heavy (non-hydrogen) atoms. The summed E-state index contributed by atoms with van der Waals surface area (Å²) in [5, 5.41) is 9.04. The van der Waals surface area contributed by atoms with Gasteiger partial charge in [0.05, 0.1) is 11.7 Å². The lowest BCUT2D eigenvalue weighted by molar-refractivity contribution is 0.0695. The van der Waals surface area contributed by atoms with Crippen molar-refractivity contribution in [2.45, 2.75) is 53.2 Å². The Morgan fingerprint density at radius 1 is 1.39 bits per heavy atom. The largest absolute Gasteiger partial charge is 0.478 e. The number of ether oxygens (including phenoxy) is 1. The van der Waals surface area contributed by atoms with E-state index in [9.17, 15) is 4.79 Å². The fourth-order valence-corrected chi connectivity index (χ4v) is 2.05. The predicted octanol–water partition coefficient (Wildman–Crippen LogP) is 3.01. The number of carbonyl (C=O) groups is 1. The van der Waals surface area contributed by atoms with E-state index in [1.54, 1.807) is 6.07 Å². The molecule has 102 valence electrons. The van der Waals surface area contributed by atoms with Crippen molar-refractivity contribution in [3.8, 4) is 0 Å².